The summed E-state index contributed by atoms with van der Waals surface area (Å²) < 4.78 is 4.84. The minimum absolute atomic E-state index is 0.212. The first-order chi connectivity index (χ1) is 6.63. The summed E-state index contributed by atoms with van der Waals surface area (Å²) in [6, 6.07) is 5.61. The van der Waals surface area contributed by atoms with Crippen molar-refractivity contribution in [2.45, 2.75) is 20.3 Å². The summed E-state index contributed by atoms with van der Waals surface area (Å²) in [5.74, 6) is -0.212. The van der Waals surface area contributed by atoms with Crippen molar-refractivity contribution in [2.24, 2.45) is 0 Å². The van der Waals surface area contributed by atoms with Gasteiger partial charge in [0.15, 0.2) is 0 Å². The summed E-state index contributed by atoms with van der Waals surface area (Å²) in [6.07, 6.45) is 0.290. The highest BCUT2D eigenvalue weighted by atomic mass is 16.5. The van der Waals surface area contributed by atoms with E-state index in [-0.39, 0.29) is 12.4 Å². The van der Waals surface area contributed by atoms with Crippen LogP contribution in [0, 0.1) is 6.92 Å². The van der Waals surface area contributed by atoms with Gasteiger partial charge in [0.25, 0.3) is 0 Å². The highest BCUT2D eigenvalue weighted by molar-refractivity contribution is 5.73. The molecule has 0 radical (unpaired) electrons. The normalized spacial score (nSPS) is 9.86. The van der Waals surface area contributed by atoms with E-state index in [2.05, 4.69) is 0 Å². The third-order valence-electron chi connectivity index (χ3n) is 2.00. The molecular formula is C11H15NO2. The molecule has 0 saturated heterocycles. The predicted molar refractivity (Wildman–Crippen MR) is 55.9 cm³/mol. The second kappa shape index (κ2) is 4.65. The van der Waals surface area contributed by atoms with Gasteiger partial charge in [0.05, 0.1) is 13.0 Å². The zero-order chi connectivity index (χ0) is 10.6. The molecule has 0 aliphatic carbocycles. The number of nitrogen functional groups attached to an aromatic ring is 1. The molecule has 0 saturated carbocycles. The van der Waals surface area contributed by atoms with E-state index in [1.54, 1.807) is 6.92 Å². The number of aryl methyl sites for hydroxylation is 1. The van der Waals surface area contributed by atoms with E-state index in [9.17, 15) is 4.79 Å². The number of carbonyl (C=O) groups excluding carboxylic acids is 1. The first kappa shape index (κ1) is 10.6. The molecule has 0 aliphatic heterocycles. The van der Waals surface area contributed by atoms with Crippen LogP contribution in [-0.2, 0) is 16.0 Å². The van der Waals surface area contributed by atoms with Gasteiger partial charge in [0, 0.05) is 5.69 Å². The second-order valence-electron chi connectivity index (χ2n) is 3.17. The van der Waals surface area contributed by atoms with Crippen LogP contribution in [0.2, 0.25) is 0 Å². The first-order valence-corrected chi connectivity index (χ1v) is 4.64. The van der Waals surface area contributed by atoms with E-state index in [1.165, 1.54) is 0 Å². The Morgan fingerprint density at radius 3 is 2.79 bits per heavy atom. The third kappa shape index (κ3) is 2.76. The zero-order valence-electron chi connectivity index (χ0n) is 8.54. The average Bonchev–Trinajstić information content (AvgIpc) is 2.12. The molecule has 0 aliphatic rings. The van der Waals surface area contributed by atoms with E-state index in [1.807, 2.05) is 25.1 Å². The van der Waals surface area contributed by atoms with Gasteiger partial charge in [-0.25, -0.2) is 0 Å². The fourth-order valence-corrected chi connectivity index (χ4v) is 1.18. The SMILES string of the molecule is CCOC(=O)Cc1ccc(C)c(N)c1. The van der Waals surface area contributed by atoms with Gasteiger partial charge in [-0.3, -0.25) is 4.79 Å². The van der Waals surface area contributed by atoms with Crippen LogP contribution >= 0.6 is 0 Å². The maximum Gasteiger partial charge on any atom is 0.310 e. The summed E-state index contributed by atoms with van der Waals surface area (Å²) in [5, 5.41) is 0. The van der Waals surface area contributed by atoms with Crippen molar-refractivity contribution in [3.8, 4) is 0 Å². The molecule has 0 bridgehead atoms. The van der Waals surface area contributed by atoms with Gasteiger partial charge < -0.3 is 10.5 Å². The molecule has 3 nitrogen and oxygen atoms in total. The topological polar surface area (TPSA) is 52.3 Å². The van der Waals surface area contributed by atoms with Gasteiger partial charge in [-0.05, 0) is 31.0 Å². The fraction of sp³-hybridized carbons (Fsp3) is 0.364. The standard InChI is InChI=1S/C11H15NO2/c1-3-14-11(13)7-9-5-4-8(2)10(12)6-9/h4-6H,3,7,12H2,1-2H3. The Kier molecular flexibility index (Phi) is 3.51. The molecule has 14 heavy (non-hydrogen) atoms. The smallest absolute Gasteiger partial charge is 0.310 e. The monoisotopic (exact) mass is 193 g/mol. The molecule has 0 aromatic heterocycles. The van der Waals surface area contributed by atoms with Crippen LogP contribution in [0.25, 0.3) is 0 Å². The molecule has 1 aromatic rings. The summed E-state index contributed by atoms with van der Waals surface area (Å²) in [5.41, 5.74) is 8.35. The summed E-state index contributed by atoms with van der Waals surface area (Å²) >= 11 is 0. The Morgan fingerprint density at radius 2 is 2.21 bits per heavy atom. The van der Waals surface area contributed by atoms with Crippen LogP contribution in [0.15, 0.2) is 18.2 Å². The third-order valence-corrected chi connectivity index (χ3v) is 2.00. The summed E-state index contributed by atoms with van der Waals surface area (Å²) in [6.45, 7) is 4.14. The van der Waals surface area contributed by atoms with E-state index in [0.717, 1.165) is 11.1 Å². The van der Waals surface area contributed by atoms with E-state index in [0.29, 0.717) is 12.3 Å². The molecule has 0 heterocycles. The molecule has 0 atom stereocenters. The molecule has 1 aromatic carbocycles. The van der Waals surface area contributed by atoms with Crippen LogP contribution in [0.1, 0.15) is 18.1 Å². The number of nitrogens with two attached hydrogens (primary N) is 1. The maximum atomic E-state index is 11.1. The number of anilines is 1. The van der Waals surface area contributed by atoms with Crippen molar-refractivity contribution in [3.63, 3.8) is 0 Å². The van der Waals surface area contributed by atoms with Gasteiger partial charge >= 0.3 is 5.97 Å². The Hall–Kier alpha value is -1.51. The lowest BCUT2D eigenvalue weighted by atomic mass is 10.1. The lowest BCUT2D eigenvalue weighted by molar-refractivity contribution is -0.142. The van der Waals surface area contributed by atoms with Crippen LogP contribution < -0.4 is 5.73 Å². The Bertz CT molecular complexity index is 334. The van der Waals surface area contributed by atoms with E-state index >= 15 is 0 Å². The molecule has 2 N–H and O–H groups in total. The molecule has 76 valence electrons. The highest BCUT2D eigenvalue weighted by Crippen LogP contribution is 2.13. The van der Waals surface area contributed by atoms with Gasteiger partial charge in [-0.2, -0.15) is 0 Å². The summed E-state index contributed by atoms with van der Waals surface area (Å²) in [7, 11) is 0. The minimum Gasteiger partial charge on any atom is -0.466 e. The van der Waals surface area contributed by atoms with Crippen molar-refractivity contribution >= 4 is 11.7 Å². The number of hydrogen-bond acceptors (Lipinski definition) is 3. The van der Waals surface area contributed by atoms with Crippen LogP contribution in [0.5, 0.6) is 0 Å². The van der Waals surface area contributed by atoms with Gasteiger partial charge in [-0.15, -0.1) is 0 Å². The second-order valence-corrected chi connectivity index (χ2v) is 3.17. The molecule has 0 amide bonds. The van der Waals surface area contributed by atoms with Crippen LogP contribution in [0.3, 0.4) is 0 Å². The van der Waals surface area contributed by atoms with Crippen molar-refractivity contribution < 1.29 is 9.53 Å². The number of benzene rings is 1. The Labute approximate surface area is 83.9 Å². The van der Waals surface area contributed by atoms with Crippen LogP contribution in [-0.4, -0.2) is 12.6 Å². The number of rotatable bonds is 3. The van der Waals surface area contributed by atoms with Crippen molar-refractivity contribution in [3.05, 3.63) is 29.3 Å². The average molecular weight is 193 g/mol. The van der Waals surface area contributed by atoms with E-state index in [4.69, 9.17) is 10.5 Å². The van der Waals surface area contributed by atoms with Gasteiger partial charge in [0.1, 0.15) is 0 Å². The number of carbonyl (C=O) groups is 1. The molecule has 0 fully saturated rings. The molecule has 0 spiro atoms. The van der Waals surface area contributed by atoms with Crippen molar-refractivity contribution in [1.82, 2.24) is 0 Å². The number of hydrogen-bond donors (Lipinski definition) is 1. The van der Waals surface area contributed by atoms with Crippen molar-refractivity contribution in [1.29, 1.82) is 0 Å². The van der Waals surface area contributed by atoms with Crippen LogP contribution in [0.4, 0.5) is 5.69 Å². The molecule has 1 rings (SSSR count). The zero-order valence-corrected chi connectivity index (χ0v) is 8.54. The lowest BCUT2D eigenvalue weighted by Crippen LogP contribution is -2.07. The molecule has 0 unspecified atom stereocenters. The molecule has 3 heteroatoms. The van der Waals surface area contributed by atoms with Gasteiger partial charge in [0.2, 0.25) is 0 Å². The van der Waals surface area contributed by atoms with Crippen molar-refractivity contribution in [2.75, 3.05) is 12.3 Å². The number of esters is 1. The maximum absolute atomic E-state index is 11.1. The Balaban J connectivity index is 2.68. The first-order valence-electron chi connectivity index (χ1n) is 4.64. The Morgan fingerprint density at radius 1 is 1.50 bits per heavy atom. The fourth-order valence-electron chi connectivity index (χ4n) is 1.18. The quantitative estimate of drug-likeness (QED) is 0.587. The highest BCUT2D eigenvalue weighted by Gasteiger charge is 2.04. The molecular weight excluding hydrogens is 178 g/mol. The number of ether oxygens (including phenoxy) is 1. The van der Waals surface area contributed by atoms with E-state index < -0.39 is 0 Å². The predicted octanol–water partition coefficient (Wildman–Crippen LogP) is 1.68. The largest absolute Gasteiger partial charge is 0.466 e. The summed E-state index contributed by atoms with van der Waals surface area (Å²) in [4.78, 5) is 11.1. The minimum atomic E-state index is -0.212. The van der Waals surface area contributed by atoms with Gasteiger partial charge in [-0.1, -0.05) is 12.1 Å². The lowest BCUT2D eigenvalue weighted by Gasteiger charge is -2.04.